The SMILES string of the molecule is CCC(C)C/C(C)=C\C1CCCC1. The van der Waals surface area contributed by atoms with E-state index < -0.39 is 0 Å². The van der Waals surface area contributed by atoms with Gasteiger partial charge in [-0.25, -0.2) is 0 Å². The third-order valence-electron chi connectivity index (χ3n) is 3.29. The van der Waals surface area contributed by atoms with Crippen LogP contribution in [0.15, 0.2) is 11.6 Å². The molecule has 1 aliphatic carbocycles. The van der Waals surface area contributed by atoms with Crippen LogP contribution in [0.3, 0.4) is 0 Å². The van der Waals surface area contributed by atoms with Crippen LogP contribution in [0.1, 0.15) is 59.3 Å². The topological polar surface area (TPSA) is 0 Å². The lowest BCUT2D eigenvalue weighted by Crippen LogP contribution is -1.95. The average molecular weight is 180 g/mol. The first-order chi connectivity index (χ1) is 6.22. The lowest BCUT2D eigenvalue weighted by molar-refractivity contribution is 0.551. The second-order valence-electron chi connectivity index (χ2n) is 4.78. The molecule has 13 heavy (non-hydrogen) atoms. The molecule has 0 aliphatic heterocycles. The van der Waals surface area contributed by atoms with Gasteiger partial charge in [-0.05, 0) is 38.0 Å². The Morgan fingerprint density at radius 1 is 1.38 bits per heavy atom. The van der Waals surface area contributed by atoms with E-state index in [0.29, 0.717) is 0 Å². The molecule has 1 aliphatic rings. The Morgan fingerprint density at radius 2 is 2.00 bits per heavy atom. The smallest absolute Gasteiger partial charge is 0.0231 e. The van der Waals surface area contributed by atoms with Crippen LogP contribution in [0.4, 0.5) is 0 Å². The third-order valence-corrected chi connectivity index (χ3v) is 3.29. The van der Waals surface area contributed by atoms with Gasteiger partial charge in [0, 0.05) is 0 Å². The zero-order chi connectivity index (χ0) is 9.68. The number of allylic oxidation sites excluding steroid dienone is 2. The highest BCUT2D eigenvalue weighted by Crippen LogP contribution is 2.28. The zero-order valence-corrected chi connectivity index (χ0v) is 9.47. The molecular formula is C13H24. The van der Waals surface area contributed by atoms with E-state index >= 15 is 0 Å². The van der Waals surface area contributed by atoms with Crippen molar-refractivity contribution in [2.24, 2.45) is 11.8 Å². The van der Waals surface area contributed by atoms with E-state index in [1.165, 1.54) is 38.5 Å². The summed E-state index contributed by atoms with van der Waals surface area (Å²) in [6.07, 6.45) is 11.0. The zero-order valence-electron chi connectivity index (χ0n) is 9.47. The second kappa shape index (κ2) is 5.47. The first-order valence-electron chi connectivity index (χ1n) is 5.89. The van der Waals surface area contributed by atoms with Gasteiger partial charge in [-0.3, -0.25) is 0 Å². The second-order valence-corrected chi connectivity index (χ2v) is 4.78. The number of hydrogen-bond donors (Lipinski definition) is 0. The summed E-state index contributed by atoms with van der Waals surface area (Å²) in [6, 6.07) is 0. The largest absolute Gasteiger partial charge is 0.0825 e. The Labute approximate surface area is 83.4 Å². The van der Waals surface area contributed by atoms with Crippen LogP contribution in [0.2, 0.25) is 0 Å². The van der Waals surface area contributed by atoms with Gasteiger partial charge in [-0.1, -0.05) is 44.8 Å². The molecule has 0 bridgehead atoms. The van der Waals surface area contributed by atoms with E-state index in [4.69, 9.17) is 0 Å². The van der Waals surface area contributed by atoms with E-state index in [0.717, 1.165) is 11.8 Å². The Morgan fingerprint density at radius 3 is 2.54 bits per heavy atom. The van der Waals surface area contributed by atoms with Crippen molar-refractivity contribution in [3.63, 3.8) is 0 Å². The van der Waals surface area contributed by atoms with Gasteiger partial charge >= 0.3 is 0 Å². The van der Waals surface area contributed by atoms with Gasteiger partial charge in [0.1, 0.15) is 0 Å². The van der Waals surface area contributed by atoms with Crippen LogP contribution in [-0.2, 0) is 0 Å². The van der Waals surface area contributed by atoms with Gasteiger partial charge in [-0.2, -0.15) is 0 Å². The minimum Gasteiger partial charge on any atom is -0.0825 e. The van der Waals surface area contributed by atoms with Crippen molar-refractivity contribution in [2.45, 2.75) is 59.3 Å². The maximum Gasteiger partial charge on any atom is -0.0231 e. The number of rotatable bonds is 4. The Balaban J connectivity index is 2.31. The summed E-state index contributed by atoms with van der Waals surface area (Å²) in [5.74, 6) is 1.79. The molecule has 0 aromatic carbocycles. The summed E-state index contributed by atoms with van der Waals surface area (Å²) in [4.78, 5) is 0. The molecule has 0 aromatic rings. The van der Waals surface area contributed by atoms with Crippen molar-refractivity contribution in [3.05, 3.63) is 11.6 Å². The molecule has 0 N–H and O–H groups in total. The first kappa shape index (κ1) is 10.8. The fourth-order valence-electron chi connectivity index (χ4n) is 2.29. The molecule has 0 spiro atoms. The lowest BCUT2D eigenvalue weighted by atomic mass is 9.96. The maximum absolute atomic E-state index is 2.54. The molecule has 1 atom stereocenters. The quantitative estimate of drug-likeness (QED) is 0.556. The molecule has 0 heteroatoms. The predicted molar refractivity (Wildman–Crippen MR) is 59.8 cm³/mol. The summed E-state index contributed by atoms with van der Waals surface area (Å²) in [6.45, 7) is 6.95. The molecule has 0 radical (unpaired) electrons. The number of hydrogen-bond acceptors (Lipinski definition) is 0. The molecule has 1 saturated carbocycles. The molecule has 1 fully saturated rings. The standard InChI is InChI=1S/C13H24/c1-4-11(2)9-12(3)10-13-7-5-6-8-13/h10-11,13H,4-9H2,1-3H3/b12-10-. The molecule has 0 amide bonds. The van der Waals surface area contributed by atoms with E-state index in [1.54, 1.807) is 5.57 Å². The molecule has 76 valence electrons. The van der Waals surface area contributed by atoms with Crippen molar-refractivity contribution in [2.75, 3.05) is 0 Å². The van der Waals surface area contributed by atoms with Gasteiger partial charge < -0.3 is 0 Å². The Kier molecular flexibility index (Phi) is 4.55. The first-order valence-corrected chi connectivity index (χ1v) is 5.89. The van der Waals surface area contributed by atoms with Crippen molar-refractivity contribution in [1.29, 1.82) is 0 Å². The van der Waals surface area contributed by atoms with E-state index in [-0.39, 0.29) is 0 Å². The Bertz CT molecular complexity index is 161. The summed E-state index contributed by atoms with van der Waals surface area (Å²) in [5, 5.41) is 0. The van der Waals surface area contributed by atoms with E-state index in [2.05, 4.69) is 26.8 Å². The predicted octanol–water partition coefficient (Wildman–Crippen LogP) is 4.56. The molecule has 0 heterocycles. The molecule has 0 aromatic heterocycles. The fourth-order valence-corrected chi connectivity index (χ4v) is 2.29. The normalized spacial score (nSPS) is 22.2. The Hall–Kier alpha value is -0.260. The van der Waals surface area contributed by atoms with Gasteiger partial charge in [-0.15, -0.1) is 0 Å². The highest BCUT2D eigenvalue weighted by Gasteiger charge is 2.12. The highest BCUT2D eigenvalue weighted by molar-refractivity contribution is 5.03. The molecule has 0 saturated heterocycles. The van der Waals surface area contributed by atoms with Crippen molar-refractivity contribution in [3.8, 4) is 0 Å². The van der Waals surface area contributed by atoms with Crippen molar-refractivity contribution < 1.29 is 0 Å². The van der Waals surface area contributed by atoms with E-state index in [1.807, 2.05) is 0 Å². The summed E-state index contributed by atoms with van der Waals surface area (Å²) in [5.41, 5.74) is 1.63. The molecule has 0 nitrogen and oxygen atoms in total. The lowest BCUT2D eigenvalue weighted by Gasteiger charge is -2.10. The van der Waals surface area contributed by atoms with Gasteiger partial charge in [0.25, 0.3) is 0 Å². The summed E-state index contributed by atoms with van der Waals surface area (Å²) < 4.78 is 0. The summed E-state index contributed by atoms with van der Waals surface area (Å²) in [7, 11) is 0. The van der Waals surface area contributed by atoms with E-state index in [9.17, 15) is 0 Å². The minimum atomic E-state index is 0.873. The average Bonchev–Trinajstić information content (AvgIpc) is 2.56. The van der Waals surface area contributed by atoms with Crippen LogP contribution in [0.25, 0.3) is 0 Å². The third kappa shape index (κ3) is 3.97. The van der Waals surface area contributed by atoms with Crippen LogP contribution in [0, 0.1) is 11.8 Å². The van der Waals surface area contributed by atoms with Gasteiger partial charge in [0.2, 0.25) is 0 Å². The molecule has 1 unspecified atom stereocenters. The van der Waals surface area contributed by atoms with Gasteiger partial charge in [0.05, 0.1) is 0 Å². The summed E-state index contributed by atoms with van der Waals surface area (Å²) >= 11 is 0. The van der Waals surface area contributed by atoms with Crippen molar-refractivity contribution in [1.82, 2.24) is 0 Å². The monoisotopic (exact) mass is 180 g/mol. The van der Waals surface area contributed by atoms with Crippen molar-refractivity contribution >= 4 is 0 Å². The fraction of sp³-hybridized carbons (Fsp3) is 0.846. The van der Waals surface area contributed by atoms with Crippen LogP contribution in [-0.4, -0.2) is 0 Å². The van der Waals surface area contributed by atoms with Crippen LogP contribution < -0.4 is 0 Å². The maximum atomic E-state index is 2.54. The van der Waals surface area contributed by atoms with Crippen LogP contribution >= 0.6 is 0 Å². The van der Waals surface area contributed by atoms with Gasteiger partial charge in [0.15, 0.2) is 0 Å². The van der Waals surface area contributed by atoms with Crippen LogP contribution in [0.5, 0.6) is 0 Å². The minimum absolute atomic E-state index is 0.873. The molecular weight excluding hydrogens is 156 g/mol. The molecule has 1 rings (SSSR count). The highest BCUT2D eigenvalue weighted by atomic mass is 14.2.